The lowest BCUT2D eigenvalue weighted by Crippen LogP contribution is -2.44. The van der Waals surface area contributed by atoms with Crippen molar-refractivity contribution in [2.75, 3.05) is 20.1 Å². The van der Waals surface area contributed by atoms with Crippen LogP contribution in [0.15, 0.2) is 16.5 Å². The molecular formula is C20H24F3N3O5S2. The first-order valence-electron chi connectivity index (χ1n) is 10.1. The summed E-state index contributed by atoms with van der Waals surface area (Å²) in [7, 11) is -2.95. The van der Waals surface area contributed by atoms with Crippen molar-refractivity contribution in [1.29, 1.82) is 0 Å². The van der Waals surface area contributed by atoms with Crippen molar-refractivity contribution in [3.63, 3.8) is 0 Å². The Bertz CT molecular complexity index is 1180. The molecule has 0 atom stereocenters. The standard InChI is InChI=1S/C20H24F3N3O5S2/c1-19(2,3)31-18(28)26-7-5-11(6-8-26)33(29,30)14-9-13(20(21,22)23)16-15(25-14)12(10-32-16)17(27)24-4/h9-11H,5-8H2,1-4H3,(H,24,27). The average molecular weight is 508 g/mol. The van der Waals surface area contributed by atoms with Gasteiger partial charge in [-0.15, -0.1) is 11.3 Å². The molecule has 3 rings (SSSR count). The number of nitrogens with zero attached hydrogens (tertiary/aromatic N) is 2. The van der Waals surface area contributed by atoms with Gasteiger partial charge in [0.05, 0.1) is 26.6 Å². The lowest BCUT2D eigenvalue weighted by molar-refractivity contribution is -0.136. The fourth-order valence-electron chi connectivity index (χ4n) is 3.48. The molecule has 8 nitrogen and oxygen atoms in total. The SMILES string of the molecule is CNC(=O)c1csc2c(C(F)(F)F)cc(S(=O)(=O)C3CCN(C(=O)OC(C)(C)C)CC3)nc12. The third kappa shape index (κ3) is 5.24. The van der Waals surface area contributed by atoms with E-state index in [0.29, 0.717) is 17.4 Å². The Kier molecular flexibility index (Phi) is 6.68. The van der Waals surface area contributed by atoms with Crippen LogP contribution in [-0.2, 0) is 20.8 Å². The van der Waals surface area contributed by atoms with E-state index in [1.165, 1.54) is 17.3 Å². The average Bonchev–Trinajstić information content (AvgIpc) is 3.14. The van der Waals surface area contributed by atoms with Crippen LogP contribution in [0.3, 0.4) is 0 Å². The van der Waals surface area contributed by atoms with Gasteiger partial charge in [0.1, 0.15) is 5.60 Å². The Morgan fingerprint density at radius 3 is 2.33 bits per heavy atom. The second-order valence-electron chi connectivity index (χ2n) is 8.62. The second kappa shape index (κ2) is 8.75. The van der Waals surface area contributed by atoms with Gasteiger partial charge in [-0.1, -0.05) is 0 Å². The zero-order valence-corrected chi connectivity index (χ0v) is 20.1. The van der Waals surface area contributed by atoms with E-state index in [1.807, 2.05) is 0 Å². The highest BCUT2D eigenvalue weighted by molar-refractivity contribution is 7.92. The number of rotatable bonds is 3. The highest BCUT2D eigenvalue weighted by atomic mass is 32.2. The van der Waals surface area contributed by atoms with Gasteiger partial charge in [0.2, 0.25) is 0 Å². The minimum absolute atomic E-state index is 0.0224. The molecule has 0 aliphatic carbocycles. The molecule has 1 aliphatic heterocycles. The number of fused-ring (bicyclic) bond motifs is 1. The number of alkyl halides is 3. The number of hydrogen-bond donors (Lipinski definition) is 1. The molecule has 1 saturated heterocycles. The van der Waals surface area contributed by atoms with Gasteiger partial charge in [-0.3, -0.25) is 4.79 Å². The number of sulfone groups is 1. The van der Waals surface area contributed by atoms with Gasteiger partial charge in [-0.05, 0) is 39.7 Å². The summed E-state index contributed by atoms with van der Waals surface area (Å²) in [5.74, 6) is -0.665. The normalized spacial score (nSPS) is 16.2. The minimum atomic E-state index is -4.84. The lowest BCUT2D eigenvalue weighted by atomic mass is 10.1. The topological polar surface area (TPSA) is 106 Å². The number of nitrogens with one attached hydrogen (secondary N) is 1. The molecule has 1 aliphatic rings. The molecule has 13 heteroatoms. The molecule has 0 radical (unpaired) electrons. The predicted molar refractivity (Wildman–Crippen MR) is 116 cm³/mol. The van der Waals surface area contributed by atoms with Crippen LogP contribution in [0, 0.1) is 0 Å². The first kappa shape index (κ1) is 25.2. The highest BCUT2D eigenvalue weighted by Gasteiger charge is 2.39. The Labute approximate surface area is 193 Å². The summed E-state index contributed by atoms with van der Waals surface area (Å²) in [6.45, 7) is 5.28. The number of carbonyl (C=O) groups excluding carboxylic acids is 2. The number of halogens is 3. The molecule has 3 heterocycles. The van der Waals surface area contributed by atoms with Crippen LogP contribution in [-0.4, -0.2) is 61.3 Å². The Morgan fingerprint density at radius 1 is 1.21 bits per heavy atom. The molecule has 182 valence electrons. The van der Waals surface area contributed by atoms with E-state index < -0.39 is 49.5 Å². The molecule has 0 bridgehead atoms. The molecule has 0 unspecified atom stereocenters. The summed E-state index contributed by atoms with van der Waals surface area (Å²) < 4.78 is 72.6. The van der Waals surface area contributed by atoms with Crippen molar-refractivity contribution < 1.29 is 35.9 Å². The summed E-state index contributed by atoms with van der Waals surface area (Å²) in [4.78, 5) is 29.7. The molecular weight excluding hydrogens is 483 g/mol. The zero-order chi connectivity index (χ0) is 24.8. The number of pyridine rings is 1. The molecule has 2 aromatic rings. The highest BCUT2D eigenvalue weighted by Crippen LogP contribution is 2.40. The molecule has 1 fully saturated rings. The van der Waals surface area contributed by atoms with Gasteiger partial charge in [0.25, 0.3) is 5.91 Å². The number of carbonyl (C=O) groups is 2. The first-order valence-corrected chi connectivity index (χ1v) is 12.5. The minimum Gasteiger partial charge on any atom is -0.444 e. The van der Waals surface area contributed by atoms with Crippen molar-refractivity contribution in [3.05, 3.63) is 22.6 Å². The Hall–Kier alpha value is -2.41. The second-order valence-corrected chi connectivity index (χ2v) is 11.7. The summed E-state index contributed by atoms with van der Waals surface area (Å²) >= 11 is 0.678. The van der Waals surface area contributed by atoms with Crippen LogP contribution < -0.4 is 5.32 Å². The smallest absolute Gasteiger partial charge is 0.417 e. The summed E-state index contributed by atoms with van der Waals surface area (Å²) in [5, 5.41) is 1.78. The van der Waals surface area contributed by atoms with E-state index in [9.17, 15) is 31.2 Å². The number of piperidine rings is 1. The summed E-state index contributed by atoms with van der Waals surface area (Å²) in [6.07, 6.45) is -5.37. The van der Waals surface area contributed by atoms with Crippen molar-refractivity contribution in [3.8, 4) is 0 Å². The van der Waals surface area contributed by atoms with E-state index in [4.69, 9.17) is 4.74 Å². The van der Waals surface area contributed by atoms with Gasteiger partial charge < -0.3 is 15.0 Å². The molecule has 0 aromatic carbocycles. The predicted octanol–water partition coefficient (Wildman–Crippen LogP) is 3.85. The van der Waals surface area contributed by atoms with Crippen LogP contribution in [0.25, 0.3) is 10.2 Å². The van der Waals surface area contributed by atoms with Crippen LogP contribution >= 0.6 is 11.3 Å². The number of ether oxygens (including phenoxy) is 1. The maximum atomic E-state index is 13.7. The van der Waals surface area contributed by atoms with E-state index in [0.717, 1.165) is 0 Å². The van der Waals surface area contributed by atoms with Crippen LogP contribution in [0.5, 0.6) is 0 Å². The van der Waals surface area contributed by atoms with Crippen LogP contribution in [0.1, 0.15) is 49.5 Å². The molecule has 1 N–H and O–H groups in total. The van der Waals surface area contributed by atoms with Gasteiger partial charge >= 0.3 is 12.3 Å². The van der Waals surface area contributed by atoms with Crippen molar-refractivity contribution in [2.24, 2.45) is 0 Å². The van der Waals surface area contributed by atoms with E-state index >= 15 is 0 Å². The number of likely N-dealkylation sites (tertiary alicyclic amines) is 1. The number of amides is 2. The fraction of sp³-hybridized carbons (Fsp3) is 0.550. The number of thiophene rings is 1. The van der Waals surface area contributed by atoms with E-state index in [1.54, 1.807) is 20.8 Å². The van der Waals surface area contributed by atoms with Gasteiger partial charge in [0.15, 0.2) is 14.9 Å². The number of aromatic nitrogens is 1. The Morgan fingerprint density at radius 2 is 1.82 bits per heavy atom. The molecule has 0 saturated carbocycles. The van der Waals surface area contributed by atoms with Gasteiger partial charge in [0, 0.05) is 25.5 Å². The number of hydrogen-bond acceptors (Lipinski definition) is 7. The van der Waals surface area contributed by atoms with Gasteiger partial charge in [-0.25, -0.2) is 18.2 Å². The summed E-state index contributed by atoms with van der Waals surface area (Å²) in [5.41, 5.74) is -2.30. The maximum Gasteiger partial charge on any atom is 0.417 e. The maximum absolute atomic E-state index is 13.7. The van der Waals surface area contributed by atoms with Gasteiger partial charge in [-0.2, -0.15) is 13.2 Å². The van der Waals surface area contributed by atoms with Crippen molar-refractivity contribution in [2.45, 2.75) is 55.7 Å². The monoisotopic (exact) mass is 507 g/mol. The molecule has 33 heavy (non-hydrogen) atoms. The van der Waals surface area contributed by atoms with E-state index in [2.05, 4.69) is 10.3 Å². The molecule has 2 amide bonds. The largest absolute Gasteiger partial charge is 0.444 e. The quantitative estimate of drug-likeness (QED) is 0.677. The fourth-order valence-corrected chi connectivity index (χ4v) is 6.18. The van der Waals surface area contributed by atoms with E-state index in [-0.39, 0.29) is 41.7 Å². The third-order valence-corrected chi connectivity index (χ3v) is 8.24. The van der Waals surface area contributed by atoms with Crippen LogP contribution in [0.4, 0.5) is 18.0 Å². The zero-order valence-electron chi connectivity index (χ0n) is 18.4. The third-order valence-electron chi connectivity index (χ3n) is 5.10. The van der Waals surface area contributed by atoms with Crippen molar-refractivity contribution >= 4 is 43.4 Å². The Balaban J connectivity index is 1.95. The summed E-state index contributed by atoms with van der Waals surface area (Å²) in [6, 6.07) is 0.530. The molecule has 0 spiro atoms. The molecule has 2 aromatic heterocycles. The lowest BCUT2D eigenvalue weighted by Gasteiger charge is -2.33. The first-order chi connectivity index (χ1) is 15.1. The van der Waals surface area contributed by atoms with Crippen molar-refractivity contribution in [1.82, 2.24) is 15.2 Å². The van der Waals surface area contributed by atoms with Crippen LogP contribution in [0.2, 0.25) is 0 Å².